The Morgan fingerprint density at radius 1 is 1.48 bits per heavy atom. The van der Waals surface area contributed by atoms with E-state index in [1.165, 1.54) is 18.2 Å². The number of hydrogen-bond acceptors (Lipinski definition) is 5. The van der Waals surface area contributed by atoms with Gasteiger partial charge in [0, 0.05) is 31.5 Å². The number of nitrogens with two attached hydrogens (primary N) is 1. The third-order valence-electron chi connectivity index (χ3n) is 3.58. The van der Waals surface area contributed by atoms with Crippen molar-refractivity contribution in [3.05, 3.63) is 33.9 Å². The first kappa shape index (κ1) is 15.2. The van der Waals surface area contributed by atoms with Crippen molar-refractivity contribution in [1.82, 2.24) is 4.90 Å². The summed E-state index contributed by atoms with van der Waals surface area (Å²) in [5.74, 6) is -0.344. The van der Waals surface area contributed by atoms with E-state index >= 15 is 0 Å². The molecular weight excluding hydrogens is 274 g/mol. The lowest BCUT2D eigenvalue weighted by Crippen LogP contribution is -2.41. The van der Waals surface area contributed by atoms with Gasteiger partial charge in [0.2, 0.25) is 0 Å². The minimum absolute atomic E-state index is 0.0508. The molecule has 1 aromatic rings. The Labute approximate surface area is 122 Å². The lowest BCUT2D eigenvalue weighted by atomic mass is 10.1. The fourth-order valence-corrected chi connectivity index (χ4v) is 2.52. The molecule has 1 aliphatic heterocycles. The Morgan fingerprint density at radius 2 is 2.14 bits per heavy atom. The van der Waals surface area contributed by atoms with Crippen LogP contribution in [0.4, 0.5) is 11.4 Å². The summed E-state index contributed by atoms with van der Waals surface area (Å²) in [6.45, 7) is 3.66. The van der Waals surface area contributed by atoms with Gasteiger partial charge in [-0.25, -0.2) is 0 Å². The Morgan fingerprint density at radius 3 is 2.71 bits per heavy atom. The van der Waals surface area contributed by atoms with Crippen molar-refractivity contribution in [2.24, 2.45) is 0 Å². The first-order valence-electron chi connectivity index (χ1n) is 6.97. The average molecular weight is 293 g/mol. The van der Waals surface area contributed by atoms with Gasteiger partial charge in [0.15, 0.2) is 0 Å². The maximum Gasteiger partial charge on any atom is 0.282 e. The van der Waals surface area contributed by atoms with Crippen molar-refractivity contribution in [2.75, 3.05) is 25.4 Å². The molecule has 1 fully saturated rings. The molecule has 7 nitrogen and oxygen atoms in total. The van der Waals surface area contributed by atoms with Crippen molar-refractivity contribution in [2.45, 2.75) is 25.9 Å². The minimum atomic E-state index is -0.556. The molecule has 2 N–H and O–H groups in total. The highest BCUT2D eigenvalue weighted by atomic mass is 16.6. The summed E-state index contributed by atoms with van der Waals surface area (Å²) in [5.41, 5.74) is 5.83. The van der Waals surface area contributed by atoms with E-state index in [-0.39, 0.29) is 23.3 Å². The molecule has 1 heterocycles. The zero-order valence-electron chi connectivity index (χ0n) is 11.9. The van der Waals surface area contributed by atoms with Gasteiger partial charge in [-0.05, 0) is 31.9 Å². The quantitative estimate of drug-likeness (QED) is 0.518. The second kappa shape index (κ2) is 6.53. The Hall–Kier alpha value is -2.15. The Kier molecular flexibility index (Phi) is 4.74. The number of ether oxygens (including phenoxy) is 1. The van der Waals surface area contributed by atoms with Gasteiger partial charge in [0.1, 0.15) is 5.56 Å². The van der Waals surface area contributed by atoms with Gasteiger partial charge < -0.3 is 15.4 Å². The van der Waals surface area contributed by atoms with Crippen LogP contribution in [0.15, 0.2) is 18.2 Å². The van der Waals surface area contributed by atoms with E-state index in [2.05, 4.69) is 0 Å². The monoisotopic (exact) mass is 293 g/mol. The molecule has 0 aromatic heterocycles. The highest BCUT2D eigenvalue weighted by Gasteiger charge is 2.28. The van der Waals surface area contributed by atoms with Gasteiger partial charge in [0.25, 0.3) is 11.6 Å². The number of nitrogen functional groups attached to an aromatic ring is 1. The predicted molar refractivity (Wildman–Crippen MR) is 78.1 cm³/mol. The molecule has 2 rings (SSSR count). The van der Waals surface area contributed by atoms with E-state index in [4.69, 9.17) is 10.5 Å². The molecule has 0 aliphatic carbocycles. The van der Waals surface area contributed by atoms with Crippen LogP contribution in [-0.2, 0) is 4.74 Å². The number of rotatable bonds is 4. The van der Waals surface area contributed by atoms with Gasteiger partial charge in [-0.3, -0.25) is 14.9 Å². The van der Waals surface area contributed by atoms with Gasteiger partial charge in [-0.2, -0.15) is 0 Å². The topological polar surface area (TPSA) is 98.7 Å². The largest absolute Gasteiger partial charge is 0.399 e. The number of likely N-dealkylation sites (tertiary alicyclic amines) is 1. The molecule has 0 unspecified atom stereocenters. The molecule has 0 bridgehead atoms. The number of carbonyl (C=O) groups is 1. The molecule has 1 aromatic carbocycles. The number of benzene rings is 1. The van der Waals surface area contributed by atoms with Crippen LogP contribution in [0.25, 0.3) is 0 Å². The van der Waals surface area contributed by atoms with E-state index in [0.29, 0.717) is 25.4 Å². The molecular formula is C14H19N3O4. The highest BCUT2D eigenvalue weighted by Crippen LogP contribution is 2.24. The maximum atomic E-state index is 12.5. The summed E-state index contributed by atoms with van der Waals surface area (Å²) < 4.78 is 5.53. The fourth-order valence-electron chi connectivity index (χ4n) is 2.52. The van der Waals surface area contributed by atoms with Gasteiger partial charge in [0.05, 0.1) is 11.0 Å². The molecule has 7 heteroatoms. The minimum Gasteiger partial charge on any atom is -0.399 e. The van der Waals surface area contributed by atoms with Crippen molar-refractivity contribution in [3.63, 3.8) is 0 Å². The van der Waals surface area contributed by atoms with Crippen LogP contribution in [-0.4, -0.2) is 41.5 Å². The lowest BCUT2D eigenvalue weighted by Gasteiger charge is -2.31. The number of carbonyl (C=O) groups excluding carboxylic acids is 1. The zero-order valence-corrected chi connectivity index (χ0v) is 11.9. The molecule has 1 amide bonds. The maximum absolute atomic E-state index is 12.5. The first-order valence-corrected chi connectivity index (χ1v) is 6.97. The van der Waals surface area contributed by atoms with Gasteiger partial charge in [-0.1, -0.05) is 0 Å². The van der Waals surface area contributed by atoms with Gasteiger partial charge in [-0.15, -0.1) is 0 Å². The standard InChI is InChI=1S/C14H19N3O4/c1-2-21-11-5-7-16(8-6-11)14(18)12-9-10(15)3-4-13(12)17(19)20/h3-4,9,11H,2,5-8,15H2,1H3. The fraction of sp³-hybridized carbons (Fsp3) is 0.500. The third kappa shape index (κ3) is 3.49. The Balaban J connectivity index is 2.14. The lowest BCUT2D eigenvalue weighted by molar-refractivity contribution is -0.385. The summed E-state index contributed by atoms with van der Waals surface area (Å²) in [4.78, 5) is 24.6. The van der Waals surface area contributed by atoms with E-state index in [1.54, 1.807) is 4.90 Å². The third-order valence-corrected chi connectivity index (χ3v) is 3.58. The number of nitro groups is 1. The summed E-state index contributed by atoms with van der Waals surface area (Å²) in [7, 11) is 0. The molecule has 1 aliphatic rings. The second-order valence-corrected chi connectivity index (χ2v) is 4.98. The number of nitrogens with zero attached hydrogens (tertiary/aromatic N) is 2. The molecule has 21 heavy (non-hydrogen) atoms. The van der Waals surface area contributed by atoms with Crippen LogP contribution in [0.2, 0.25) is 0 Å². The zero-order chi connectivity index (χ0) is 15.4. The highest BCUT2D eigenvalue weighted by molar-refractivity contribution is 5.99. The van der Waals surface area contributed by atoms with Crippen molar-refractivity contribution < 1.29 is 14.5 Å². The summed E-state index contributed by atoms with van der Waals surface area (Å²) in [6.07, 6.45) is 1.65. The smallest absolute Gasteiger partial charge is 0.282 e. The van der Waals surface area contributed by atoms with Crippen LogP contribution in [0.1, 0.15) is 30.1 Å². The average Bonchev–Trinajstić information content (AvgIpc) is 2.47. The van der Waals surface area contributed by atoms with Crippen LogP contribution in [0, 0.1) is 10.1 Å². The predicted octanol–water partition coefficient (Wildman–Crippen LogP) is 1.82. The van der Waals surface area contributed by atoms with Crippen molar-refractivity contribution in [3.8, 4) is 0 Å². The van der Waals surface area contributed by atoms with E-state index in [1.807, 2.05) is 6.92 Å². The number of nitro benzene ring substituents is 1. The van der Waals surface area contributed by atoms with Crippen LogP contribution in [0.5, 0.6) is 0 Å². The number of hydrogen-bond donors (Lipinski definition) is 1. The first-order chi connectivity index (χ1) is 10.0. The summed E-state index contributed by atoms with van der Waals surface area (Å²) >= 11 is 0. The Bertz CT molecular complexity index is 539. The molecule has 1 saturated heterocycles. The SMILES string of the molecule is CCOC1CCN(C(=O)c2cc(N)ccc2[N+](=O)[O-])CC1. The molecule has 0 radical (unpaired) electrons. The molecule has 0 atom stereocenters. The molecule has 114 valence electrons. The van der Waals surface area contributed by atoms with Crippen LogP contribution in [0.3, 0.4) is 0 Å². The molecule has 0 saturated carbocycles. The van der Waals surface area contributed by atoms with Crippen LogP contribution < -0.4 is 5.73 Å². The van der Waals surface area contributed by atoms with Crippen molar-refractivity contribution in [1.29, 1.82) is 0 Å². The molecule has 0 spiro atoms. The van der Waals surface area contributed by atoms with Crippen LogP contribution >= 0.6 is 0 Å². The van der Waals surface area contributed by atoms with E-state index in [0.717, 1.165) is 12.8 Å². The second-order valence-electron chi connectivity index (χ2n) is 4.98. The summed E-state index contributed by atoms with van der Waals surface area (Å²) in [5, 5.41) is 11.0. The normalized spacial score (nSPS) is 16.0. The van der Waals surface area contributed by atoms with Gasteiger partial charge >= 0.3 is 0 Å². The van der Waals surface area contributed by atoms with E-state index in [9.17, 15) is 14.9 Å². The summed E-state index contributed by atoms with van der Waals surface area (Å²) in [6, 6.07) is 4.07. The number of anilines is 1. The van der Waals surface area contributed by atoms with E-state index < -0.39 is 4.92 Å². The number of piperidine rings is 1. The van der Waals surface area contributed by atoms with Crippen molar-refractivity contribution >= 4 is 17.3 Å². The number of amides is 1.